The molecule has 0 unspecified atom stereocenters. The van der Waals surface area contributed by atoms with Crippen LogP contribution in [0.2, 0.25) is 0 Å². The van der Waals surface area contributed by atoms with Crippen molar-refractivity contribution in [2.75, 3.05) is 25.1 Å². The third-order valence-electron chi connectivity index (χ3n) is 3.41. The van der Waals surface area contributed by atoms with E-state index in [-0.39, 0.29) is 0 Å². The smallest absolute Gasteiger partial charge is 0.207 e. The van der Waals surface area contributed by atoms with Gasteiger partial charge in [0.15, 0.2) is 5.82 Å². The zero-order valence-corrected chi connectivity index (χ0v) is 11.3. The molecule has 2 heterocycles. The van der Waals surface area contributed by atoms with Gasteiger partial charge in [-0.2, -0.15) is 5.26 Å². The van der Waals surface area contributed by atoms with E-state index in [2.05, 4.69) is 21.2 Å². The van der Waals surface area contributed by atoms with Crippen molar-refractivity contribution in [2.24, 2.45) is 0 Å². The van der Waals surface area contributed by atoms with Crippen LogP contribution in [0.15, 0.2) is 24.3 Å². The highest BCUT2D eigenvalue weighted by Crippen LogP contribution is 2.22. The van der Waals surface area contributed by atoms with E-state index in [1.54, 1.807) is 7.11 Å². The fraction of sp³-hybridized carbons (Fsp3) is 0.357. The largest absolute Gasteiger partial charge is 0.497 e. The van der Waals surface area contributed by atoms with Crippen molar-refractivity contribution in [1.82, 2.24) is 15.0 Å². The molecule has 1 aliphatic heterocycles. The standard InChI is InChI=1S/C14H15N5O/c1-20-12-6-4-11(5-7-12)19-16-13(10-15)14(17-19)18-8-2-3-9-18/h4-7H,2-3,8-9H2,1H3. The number of anilines is 1. The van der Waals surface area contributed by atoms with Crippen molar-refractivity contribution in [3.8, 4) is 17.5 Å². The number of nitriles is 1. The molecule has 6 nitrogen and oxygen atoms in total. The number of aromatic nitrogens is 3. The van der Waals surface area contributed by atoms with Crippen LogP contribution in [0.1, 0.15) is 18.5 Å². The fourth-order valence-corrected chi connectivity index (χ4v) is 2.34. The molecule has 0 N–H and O–H groups in total. The Labute approximate surface area is 117 Å². The van der Waals surface area contributed by atoms with Gasteiger partial charge in [-0.05, 0) is 37.1 Å². The summed E-state index contributed by atoms with van der Waals surface area (Å²) in [5.41, 5.74) is 1.19. The summed E-state index contributed by atoms with van der Waals surface area (Å²) < 4.78 is 5.13. The Balaban J connectivity index is 1.95. The van der Waals surface area contributed by atoms with Gasteiger partial charge >= 0.3 is 0 Å². The van der Waals surface area contributed by atoms with E-state index in [9.17, 15) is 5.26 Å². The van der Waals surface area contributed by atoms with Crippen LogP contribution in [0, 0.1) is 11.3 Å². The minimum Gasteiger partial charge on any atom is -0.497 e. The molecule has 1 aromatic heterocycles. The van der Waals surface area contributed by atoms with E-state index >= 15 is 0 Å². The van der Waals surface area contributed by atoms with E-state index in [4.69, 9.17) is 4.74 Å². The van der Waals surface area contributed by atoms with Gasteiger partial charge in [-0.25, -0.2) is 0 Å². The second-order valence-corrected chi connectivity index (χ2v) is 4.67. The summed E-state index contributed by atoms with van der Waals surface area (Å²) in [5, 5.41) is 17.9. The Morgan fingerprint density at radius 2 is 1.85 bits per heavy atom. The molecule has 0 spiro atoms. The fourth-order valence-electron chi connectivity index (χ4n) is 2.34. The summed E-state index contributed by atoms with van der Waals surface area (Å²) in [6.07, 6.45) is 2.28. The monoisotopic (exact) mass is 269 g/mol. The molecule has 0 saturated carbocycles. The summed E-state index contributed by atoms with van der Waals surface area (Å²) in [5.74, 6) is 1.46. The van der Waals surface area contributed by atoms with Crippen molar-refractivity contribution >= 4 is 5.82 Å². The molecule has 6 heteroatoms. The zero-order valence-electron chi connectivity index (χ0n) is 11.3. The first-order valence-corrected chi connectivity index (χ1v) is 6.58. The van der Waals surface area contributed by atoms with Gasteiger partial charge in [-0.3, -0.25) is 0 Å². The minimum atomic E-state index is 0.378. The van der Waals surface area contributed by atoms with Crippen molar-refractivity contribution in [3.05, 3.63) is 30.0 Å². The van der Waals surface area contributed by atoms with Gasteiger partial charge in [0.25, 0.3) is 0 Å². The lowest BCUT2D eigenvalue weighted by Gasteiger charge is -2.12. The summed E-state index contributed by atoms with van der Waals surface area (Å²) in [6.45, 7) is 1.88. The molecule has 1 aliphatic rings. The molecule has 0 aliphatic carbocycles. The lowest BCUT2D eigenvalue weighted by atomic mass is 10.3. The molecule has 1 aromatic carbocycles. The Kier molecular flexibility index (Phi) is 3.25. The molecule has 0 bridgehead atoms. The summed E-state index contributed by atoms with van der Waals surface area (Å²) in [6, 6.07) is 9.56. The van der Waals surface area contributed by atoms with E-state index in [0.717, 1.165) is 37.4 Å². The second kappa shape index (κ2) is 5.21. The predicted molar refractivity (Wildman–Crippen MR) is 74.1 cm³/mol. The molecule has 0 radical (unpaired) electrons. The Bertz CT molecular complexity index is 635. The maximum absolute atomic E-state index is 9.21. The van der Waals surface area contributed by atoms with Crippen molar-refractivity contribution in [3.63, 3.8) is 0 Å². The predicted octanol–water partition coefficient (Wildman–Crippen LogP) is 1.75. The maximum atomic E-state index is 9.21. The Hall–Kier alpha value is -2.55. The first-order valence-electron chi connectivity index (χ1n) is 6.58. The highest BCUT2D eigenvalue weighted by molar-refractivity contribution is 5.51. The first-order chi connectivity index (χ1) is 9.81. The summed E-state index contributed by atoms with van der Waals surface area (Å²) in [4.78, 5) is 3.62. The first kappa shape index (κ1) is 12.5. The summed E-state index contributed by atoms with van der Waals surface area (Å²) in [7, 11) is 1.63. The van der Waals surface area contributed by atoms with Gasteiger partial charge in [-0.15, -0.1) is 15.0 Å². The molecule has 1 fully saturated rings. The third kappa shape index (κ3) is 2.18. The molecule has 2 aromatic rings. The lowest BCUT2D eigenvalue weighted by molar-refractivity contribution is 0.414. The van der Waals surface area contributed by atoms with Crippen LogP contribution in [0.4, 0.5) is 5.82 Å². The van der Waals surface area contributed by atoms with Gasteiger partial charge in [0.1, 0.15) is 11.8 Å². The zero-order chi connectivity index (χ0) is 13.9. The van der Waals surface area contributed by atoms with Crippen LogP contribution in [0.25, 0.3) is 5.69 Å². The van der Waals surface area contributed by atoms with Gasteiger partial charge in [0, 0.05) is 13.1 Å². The lowest BCUT2D eigenvalue weighted by Crippen LogP contribution is -2.19. The highest BCUT2D eigenvalue weighted by atomic mass is 16.5. The minimum absolute atomic E-state index is 0.378. The van der Waals surface area contributed by atoms with Crippen LogP contribution >= 0.6 is 0 Å². The van der Waals surface area contributed by atoms with Crippen molar-refractivity contribution in [1.29, 1.82) is 5.26 Å². The van der Waals surface area contributed by atoms with Crippen LogP contribution in [0.5, 0.6) is 5.75 Å². The number of benzene rings is 1. The van der Waals surface area contributed by atoms with E-state index in [1.165, 1.54) is 4.80 Å². The Morgan fingerprint density at radius 3 is 2.45 bits per heavy atom. The number of methoxy groups -OCH3 is 1. The van der Waals surface area contributed by atoms with Crippen molar-refractivity contribution in [2.45, 2.75) is 12.8 Å². The molecule has 0 atom stereocenters. The van der Waals surface area contributed by atoms with Gasteiger partial charge in [-0.1, -0.05) is 0 Å². The van der Waals surface area contributed by atoms with Crippen molar-refractivity contribution < 1.29 is 4.74 Å². The molecule has 0 amide bonds. The quantitative estimate of drug-likeness (QED) is 0.849. The van der Waals surface area contributed by atoms with Crippen LogP contribution in [-0.4, -0.2) is 35.2 Å². The van der Waals surface area contributed by atoms with Crippen LogP contribution in [0.3, 0.4) is 0 Å². The van der Waals surface area contributed by atoms with Crippen LogP contribution in [-0.2, 0) is 0 Å². The number of nitrogens with zero attached hydrogens (tertiary/aromatic N) is 5. The normalized spacial score (nSPS) is 14.3. The van der Waals surface area contributed by atoms with Gasteiger partial charge in [0.05, 0.1) is 12.8 Å². The molecule has 20 heavy (non-hydrogen) atoms. The van der Waals surface area contributed by atoms with E-state index in [1.807, 2.05) is 24.3 Å². The topological polar surface area (TPSA) is 67.0 Å². The molecule has 1 saturated heterocycles. The molecular weight excluding hydrogens is 254 g/mol. The SMILES string of the molecule is COc1ccc(-n2nc(C#N)c(N3CCCC3)n2)cc1. The van der Waals surface area contributed by atoms with E-state index < -0.39 is 0 Å². The number of ether oxygens (including phenoxy) is 1. The summed E-state index contributed by atoms with van der Waals surface area (Å²) >= 11 is 0. The second-order valence-electron chi connectivity index (χ2n) is 4.67. The van der Waals surface area contributed by atoms with E-state index in [0.29, 0.717) is 11.5 Å². The average Bonchev–Trinajstić information content (AvgIpc) is 3.16. The van der Waals surface area contributed by atoms with Gasteiger partial charge < -0.3 is 9.64 Å². The highest BCUT2D eigenvalue weighted by Gasteiger charge is 2.21. The molecule has 3 rings (SSSR count). The molecular formula is C14H15N5O. The molecule has 102 valence electrons. The third-order valence-corrected chi connectivity index (χ3v) is 3.41. The van der Waals surface area contributed by atoms with Crippen LogP contribution < -0.4 is 9.64 Å². The average molecular weight is 269 g/mol. The van der Waals surface area contributed by atoms with Gasteiger partial charge in [0.2, 0.25) is 5.69 Å². The number of rotatable bonds is 3. The number of hydrogen-bond acceptors (Lipinski definition) is 5. The maximum Gasteiger partial charge on any atom is 0.207 e. The Morgan fingerprint density at radius 1 is 1.15 bits per heavy atom. The number of hydrogen-bond donors (Lipinski definition) is 0.